The predicted octanol–water partition coefficient (Wildman–Crippen LogP) is -0.134. The van der Waals surface area contributed by atoms with Gasteiger partial charge in [0.05, 0.1) is 10.9 Å². The van der Waals surface area contributed by atoms with Gasteiger partial charge in [0.2, 0.25) is 10.0 Å². The smallest absolute Gasteiger partial charge is 0.238 e. The van der Waals surface area contributed by atoms with Crippen LogP contribution in [0.25, 0.3) is 0 Å². The molecule has 18 heavy (non-hydrogen) atoms. The number of ether oxygens (including phenoxy) is 1. The molecule has 0 unspecified atom stereocenters. The molecule has 0 bridgehead atoms. The van der Waals surface area contributed by atoms with Gasteiger partial charge in [0.15, 0.2) is 0 Å². The van der Waals surface area contributed by atoms with E-state index in [0.717, 1.165) is 0 Å². The molecule has 0 amide bonds. The Morgan fingerprint density at radius 1 is 1.39 bits per heavy atom. The van der Waals surface area contributed by atoms with Crippen molar-refractivity contribution in [3.05, 3.63) is 23.8 Å². The van der Waals surface area contributed by atoms with Crippen LogP contribution in [0.5, 0.6) is 5.75 Å². The quantitative estimate of drug-likeness (QED) is 0.658. The number of rotatable bonds is 1. The standard InChI is InChI=1S/C11H16N2O4S/c1-11(2)10(14)9(12)7-5-6(18(13,15)16)3-4-8(7)17-11/h3-5,9-10,14H,12H2,1-2H3,(H2,13,15,16)/t9-,10+/m1/s1. The Balaban J connectivity index is 2.56. The van der Waals surface area contributed by atoms with Crippen molar-refractivity contribution in [3.63, 3.8) is 0 Å². The van der Waals surface area contributed by atoms with Crippen molar-refractivity contribution >= 4 is 10.0 Å². The van der Waals surface area contributed by atoms with E-state index in [1.165, 1.54) is 18.2 Å². The number of hydrogen-bond acceptors (Lipinski definition) is 5. The number of benzene rings is 1. The Bertz CT molecular complexity index is 583. The minimum Gasteiger partial charge on any atom is -0.485 e. The van der Waals surface area contributed by atoms with Gasteiger partial charge in [-0.1, -0.05) is 0 Å². The van der Waals surface area contributed by atoms with Crippen LogP contribution in [0.3, 0.4) is 0 Å². The van der Waals surface area contributed by atoms with Crippen LogP contribution in [0.1, 0.15) is 25.5 Å². The zero-order valence-corrected chi connectivity index (χ0v) is 10.9. The molecule has 0 radical (unpaired) electrons. The molecule has 5 N–H and O–H groups in total. The zero-order chi connectivity index (χ0) is 13.7. The summed E-state index contributed by atoms with van der Waals surface area (Å²) in [6.07, 6.45) is -0.930. The first-order chi connectivity index (χ1) is 8.13. The van der Waals surface area contributed by atoms with Gasteiger partial charge >= 0.3 is 0 Å². The fourth-order valence-corrected chi connectivity index (χ4v) is 2.55. The summed E-state index contributed by atoms with van der Waals surface area (Å²) in [6.45, 7) is 3.43. The minimum absolute atomic E-state index is 0.0489. The molecule has 1 heterocycles. The monoisotopic (exact) mass is 272 g/mol. The number of aliphatic hydroxyl groups is 1. The van der Waals surface area contributed by atoms with Gasteiger partial charge < -0.3 is 15.6 Å². The first-order valence-corrected chi connectivity index (χ1v) is 6.97. The van der Waals surface area contributed by atoms with E-state index in [-0.39, 0.29) is 4.90 Å². The van der Waals surface area contributed by atoms with Crippen LogP contribution in [0, 0.1) is 0 Å². The maximum absolute atomic E-state index is 11.3. The topological polar surface area (TPSA) is 116 Å². The van der Waals surface area contributed by atoms with Gasteiger partial charge in [-0.25, -0.2) is 13.6 Å². The first kappa shape index (κ1) is 13.3. The maximum atomic E-state index is 11.3. The molecule has 1 aliphatic rings. The van der Waals surface area contributed by atoms with Gasteiger partial charge in [0.25, 0.3) is 0 Å². The van der Waals surface area contributed by atoms with Gasteiger partial charge in [-0.2, -0.15) is 0 Å². The minimum atomic E-state index is -3.80. The summed E-state index contributed by atoms with van der Waals surface area (Å²) in [6, 6.07) is 3.48. The van der Waals surface area contributed by atoms with E-state index < -0.39 is 27.8 Å². The van der Waals surface area contributed by atoms with Crippen molar-refractivity contribution in [2.75, 3.05) is 0 Å². The molecule has 0 saturated carbocycles. The number of aliphatic hydroxyl groups excluding tert-OH is 1. The third-order valence-corrected chi connectivity index (χ3v) is 4.01. The van der Waals surface area contributed by atoms with Crippen molar-refractivity contribution < 1.29 is 18.3 Å². The Morgan fingerprint density at radius 3 is 2.56 bits per heavy atom. The van der Waals surface area contributed by atoms with Crippen LogP contribution in [-0.4, -0.2) is 25.2 Å². The molecule has 1 aromatic rings. The normalized spacial score (nSPS) is 26.3. The lowest BCUT2D eigenvalue weighted by Crippen LogP contribution is -2.51. The Labute approximate surface area is 106 Å². The van der Waals surface area contributed by atoms with Gasteiger partial charge in [0, 0.05) is 5.56 Å². The lowest BCUT2D eigenvalue weighted by molar-refractivity contribution is -0.0572. The molecule has 1 aliphatic heterocycles. The molecule has 0 saturated heterocycles. The highest BCUT2D eigenvalue weighted by molar-refractivity contribution is 7.89. The summed E-state index contributed by atoms with van der Waals surface area (Å²) in [7, 11) is -3.80. The molecule has 1 aromatic carbocycles. The van der Waals surface area contributed by atoms with Crippen molar-refractivity contribution in [1.82, 2.24) is 0 Å². The van der Waals surface area contributed by atoms with Gasteiger partial charge in [-0.3, -0.25) is 0 Å². The van der Waals surface area contributed by atoms with Gasteiger partial charge in [-0.15, -0.1) is 0 Å². The highest BCUT2D eigenvalue weighted by atomic mass is 32.2. The van der Waals surface area contributed by atoms with Crippen LogP contribution in [0.4, 0.5) is 0 Å². The lowest BCUT2D eigenvalue weighted by Gasteiger charge is -2.40. The summed E-state index contributed by atoms with van der Waals surface area (Å²) >= 11 is 0. The van der Waals surface area contributed by atoms with Crippen LogP contribution in [0.2, 0.25) is 0 Å². The third-order valence-electron chi connectivity index (χ3n) is 3.09. The van der Waals surface area contributed by atoms with E-state index in [4.69, 9.17) is 15.6 Å². The highest BCUT2D eigenvalue weighted by Gasteiger charge is 2.41. The number of primary sulfonamides is 1. The molecule has 0 aliphatic carbocycles. The number of hydrogen-bond donors (Lipinski definition) is 3. The second-order valence-corrected chi connectivity index (χ2v) is 6.48. The molecule has 100 valence electrons. The molecular weight excluding hydrogens is 256 g/mol. The lowest BCUT2D eigenvalue weighted by atomic mass is 9.87. The largest absolute Gasteiger partial charge is 0.485 e. The van der Waals surface area contributed by atoms with Gasteiger partial charge in [0.1, 0.15) is 17.5 Å². The molecule has 0 spiro atoms. The SMILES string of the molecule is CC1(C)Oc2ccc(S(N)(=O)=O)cc2[C@@H](N)[C@@H]1O. The Kier molecular flexibility index (Phi) is 2.90. The van der Waals surface area contributed by atoms with Crippen LogP contribution >= 0.6 is 0 Å². The Morgan fingerprint density at radius 2 is 2.00 bits per heavy atom. The number of fused-ring (bicyclic) bond motifs is 1. The van der Waals surface area contributed by atoms with Crippen molar-refractivity contribution in [3.8, 4) is 5.75 Å². The third kappa shape index (κ3) is 2.10. The maximum Gasteiger partial charge on any atom is 0.238 e. The molecule has 0 aromatic heterocycles. The Hall–Kier alpha value is -1.15. The second-order valence-electron chi connectivity index (χ2n) is 4.92. The highest BCUT2D eigenvalue weighted by Crippen LogP contribution is 2.39. The van der Waals surface area contributed by atoms with Crippen LogP contribution in [-0.2, 0) is 10.0 Å². The first-order valence-electron chi connectivity index (χ1n) is 5.42. The van der Waals surface area contributed by atoms with Crippen molar-refractivity contribution in [2.45, 2.75) is 36.5 Å². The summed E-state index contributed by atoms with van der Waals surface area (Å²) in [4.78, 5) is -0.0489. The van der Waals surface area contributed by atoms with E-state index in [9.17, 15) is 13.5 Å². The molecule has 2 atom stereocenters. The van der Waals surface area contributed by atoms with E-state index in [0.29, 0.717) is 11.3 Å². The fraction of sp³-hybridized carbons (Fsp3) is 0.455. The van der Waals surface area contributed by atoms with Crippen LogP contribution < -0.4 is 15.6 Å². The number of nitrogens with two attached hydrogens (primary N) is 2. The van der Waals surface area contributed by atoms with Crippen LogP contribution in [0.15, 0.2) is 23.1 Å². The van der Waals surface area contributed by atoms with Crippen molar-refractivity contribution in [2.24, 2.45) is 10.9 Å². The number of sulfonamides is 1. The molecule has 0 fully saturated rings. The van der Waals surface area contributed by atoms with E-state index >= 15 is 0 Å². The van der Waals surface area contributed by atoms with E-state index in [1.807, 2.05) is 0 Å². The molecular formula is C11H16N2O4S. The molecule has 6 nitrogen and oxygen atoms in total. The molecule has 7 heteroatoms. The average Bonchev–Trinajstić information content (AvgIpc) is 2.24. The van der Waals surface area contributed by atoms with E-state index in [2.05, 4.69) is 0 Å². The van der Waals surface area contributed by atoms with E-state index in [1.54, 1.807) is 13.8 Å². The second kappa shape index (κ2) is 3.92. The summed E-state index contributed by atoms with van der Waals surface area (Å²) in [5.41, 5.74) is 5.53. The van der Waals surface area contributed by atoms with Crippen molar-refractivity contribution in [1.29, 1.82) is 0 Å². The fourth-order valence-electron chi connectivity index (χ4n) is 2.00. The summed E-state index contributed by atoms with van der Waals surface area (Å²) < 4.78 is 28.1. The average molecular weight is 272 g/mol. The van der Waals surface area contributed by atoms with Gasteiger partial charge in [-0.05, 0) is 32.0 Å². The predicted molar refractivity (Wildman–Crippen MR) is 65.5 cm³/mol. The molecule has 2 rings (SSSR count). The summed E-state index contributed by atoms with van der Waals surface area (Å²) in [5, 5.41) is 15.1. The zero-order valence-electron chi connectivity index (χ0n) is 10.1. The summed E-state index contributed by atoms with van der Waals surface area (Å²) in [5.74, 6) is 0.463.